The van der Waals surface area contributed by atoms with Crippen molar-refractivity contribution in [2.24, 2.45) is 0 Å². The number of rotatable bonds is 3. The molecule has 0 spiro atoms. The number of halogens is 2. The standard InChI is InChI=1S/C14H8F2NO/c15-11-1-3-12(4-2-11)18-13-5-6-14(16)10(9-13)7-8-17/h1-7,9H. The normalized spacial score (nSPS) is 9.83. The molecule has 0 N–H and O–H groups in total. The fourth-order valence-corrected chi connectivity index (χ4v) is 1.40. The van der Waals surface area contributed by atoms with Crippen molar-refractivity contribution >= 4 is 0 Å². The highest BCUT2D eigenvalue weighted by molar-refractivity contribution is 5.39. The monoisotopic (exact) mass is 244 g/mol. The lowest BCUT2D eigenvalue weighted by Crippen LogP contribution is -1.90. The molecule has 0 saturated carbocycles. The summed E-state index contributed by atoms with van der Waals surface area (Å²) < 4.78 is 31.4. The second-order valence-electron chi connectivity index (χ2n) is 3.51. The second-order valence-corrected chi connectivity index (χ2v) is 3.51. The van der Waals surface area contributed by atoms with Crippen LogP contribution >= 0.6 is 0 Å². The smallest absolute Gasteiger partial charge is 0.128 e. The van der Waals surface area contributed by atoms with E-state index >= 15 is 0 Å². The summed E-state index contributed by atoms with van der Waals surface area (Å²) in [5.74, 6) is -0.0432. The fraction of sp³-hybridized carbons (Fsp3) is 0. The summed E-state index contributed by atoms with van der Waals surface area (Å²) in [4.78, 5) is 0. The number of hydrogen-bond donors (Lipinski definition) is 0. The molecule has 0 aliphatic rings. The van der Waals surface area contributed by atoms with Crippen LogP contribution in [0.1, 0.15) is 5.56 Å². The van der Waals surface area contributed by atoms with Crippen LogP contribution in [0.4, 0.5) is 8.78 Å². The third-order valence-electron chi connectivity index (χ3n) is 2.24. The molecule has 1 radical (unpaired) electrons. The van der Waals surface area contributed by atoms with E-state index < -0.39 is 5.82 Å². The van der Waals surface area contributed by atoms with E-state index in [0.29, 0.717) is 11.5 Å². The average molecular weight is 244 g/mol. The first kappa shape index (κ1) is 12.1. The zero-order valence-corrected chi connectivity index (χ0v) is 9.23. The van der Waals surface area contributed by atoms with Gasteiger partial charge >= 0.3 is 0 Å². The lowest BCUT2D eigenvalue weighted by molar-refractivity contribution is 0.478. The number of ether oxygens (including phenoxy) is 1. The summed E-state index contributed by atoms with van der Waals surface area (Å²) in [5, 5.41) is 8.50. The van der Waals surface area contributed by atoms with E-state index in [1.54, 1.807) is 6.07 Å². The Kier molecular flexibility index (Phi) is 3.54. The van der Waals surface area contributed by atoms with Crippen LogP contribution in [0.5, 0.6) is 11.5 Å². The van der Waals surface area contributed by atoms with Crippen molar-refractivity contribution in [2.45, 2.75) is 0 Å². The topological polar surface area (TPSA) is 33.0 Å². The van der Waals surface area contributed by atoms with Gasteiger partial charge in [0.15, 0.2) is 0 Å². The maximum Gasteiger partial charge on any atom is 0.128 e. The Hall–Kier alpha value is -2.41. The molecule has 2 aromatic rings. The molecule has 0 unspecified atom stereocenters. The first-order valence-corrected chi connectivity index (χ1v) is 5.15. The third kappa shape index (κ3) is 2.83. The summed E-state index contributed by atoms with van der Waals surface area (Å²) in [6.45, 7) is 0. The summed E-state index contributed by atoms with van der Waals surface area (Å²) >= 11 is 0. The molecule has 2 nitrogen and oxygen atoms in total. The molecule has 0 heterocycles. The van der Waals surface area contributed by atoms with Crippen LogP contribution in [0.25, 0.3) is 0 Å². The quantitative estimate of drug-likeness (QED) is 0.821. The van der Waals surface area contributed by atoms with Crippen molar-refractivity contribution in [1.82, 2.24) is 0 Å². The molecule has 0 bridgehead atoms. The third-order valence-corrected chi connectivity index (χ3v) is 2.24. The highest BCUT2D eigenvalue weighted by Gasteiger charge is 2.05. The van der Waals surface area contributed by atoms with Crippen LogP contribution in [0.3, 0.4) is 0 Å². The van der Waals surface area contributed by atoms with E-state index in [0.717, 1.165) is 6.42 Å². The maximum absolute atomic E-state index is 13.3. The molecule has 18 heavy (non-hydrogen) atoms. The van der Waals surface area contributed by atoms with Gasteiger partial charge in [-0.2, -0.15) is 5.26 Å². The molecule has 0 aromatic heterocycles. The van der Waals surface area contributed by atoms with Gasteiger partial charge in [-0.3, -0.25) is 0 Å². The minimum absolute atomic E-state index is 0.150. The van der Waals surface area contributed by atoms with Crippen molar-refractivity contribution < 1.29 is 13.5 Å². The SMILES string of the molecule is N#C[CH]c1cc(Oc2ccc(F)cc2)ccc1F. The number of hydrogen-bond acceptors (Lipinski definition) is 2. The molecule has 0 atom stereocenters. The van der Waals surface area contributed by atoms with Crippen LogP contribution in [-0.4, -0.2) is 0 Å². The first-order valence-electron chi connectivity index (χ1n) is 5.15. The highest BCUT2D eigenvalue weighted by Crippen LogP contribution is 2.24. The molecule has 0 aliphatic carbocycles. The van der Waals surface area contributed by atoms with Gasteiger partial charge in [0.05, 0.1) is 12.5 Å². The minimum Gasteiger partial charge on any atom is -0.457 e. The van der Waals surface area contributed by atoms with Gasteiger partial charge in [-0.05, 0) is 42.5 Å². The van der Waals surface area contributed by atoms with E-state index in [-0.39, 0.29) is 11.4 Å². The average Bonchev–Trinajstić information content (AvgIpc) is 2.37. The first-order chi connectivity index (χ1) is 8.69. The molecular weight excluding hydrogens is 236 g/mol. The Morgan fingerprint density at radius 1 is 1.00 bits per heavy atom. The largest absolute Gasteiger partial charge is 0.457 e. The lowest BCUT2D eigenvalue weighted by Gasteiger charge is -2.07. The van der Waals surface area contributed by atoms with Crippen molar-refractivity contribution in [3.63, 3.8) is 0 Å². The second kappa shape index (κ2) is 5.28. The van der Waals surface area contributed by atoms with Gasteiger partial charge in [0.2, 0.25) is 0 Å². The summed E-state index contributed by atoms with van der Waals surface area (Å²) in [6.07, 6.45) is 1.09. The fourth-order valence-electron chi connectivity index (χ4n) is 1.40. The van der Waals surface area contributed by atoms with Crippen LogP contribution in [0, 0.1) is 29.4 Å². The van der Waals surface area contributed by atoms with E-state index in [9.17, 15) is 8.78 Å². The van der Waals surface area contributed by atoms with Crippen molar-refractivity contribution in [2.75, 3.05) is 0 Å². The number of benzene rings is 2. The van der Waals surface area contributed by atoms with E-state index in [1.807, 2.05) is 0 Å². The lowest BCUT2D eigenvalue weighted by atomic mass is 10.1. The Morgan fingerprint density at radius 2 is 1.67 bits per heavy atom. The van der Waals surface area contributed by atoms with E-state index in [4.69, 9.17) is 10.00 Å². The zero-order valence-electron chi connectivity index (χ0n) is 9.23. The van der Waals surface area contributed by atoms with E-state index in [2.05, 4.69) is 0 Å². The van der Waals surface area contributed by atoms with Gasteiger partial charge in [-0.1, -0.05) is 0 Å². The maximum atomic E-state index is 13.3. The molecule has 0 saturated heterocycles. The van der Waals surface area contributed by atoms with Crippen LogP contribution in [-0.2, 0) is 0 Å². The Bertz CT molecular complexity index is 588. The molecular formula is C14H8F2NO. The van der Waals surface area contributed by atoms with Gasteiger partial charge in [0, 0.05) is 5.56 Å². The molecule has 2 aromatic carbocycles. The zero-order chi connectivity index (χ0) is 13.0. The van der Waals surface area contributed by atoms with Crippen molar-refractivity contribution in [1.29, 1.82) is 5.26 Å². The van der Waals surface area contributed by atoms with Crippen molar-refractivity contribution in [3.8, 4) is 17.6 Å². The summed E-state index contributed by atoms with van der Waals surface area (Å²) in [6, 6.07) is 11.3. The molecule has 4 heteroatoms. The molecule has 0 aliphatic heterocycles. The predicted octanol–water partition coefficient (Wildman–Crippen LogP) is 3.83. The molecule has 0 amide bonds. The minimum atomic E-state index is -0.497. The molecule has 2 rings (SSSR count). The van der Waals surface area contributed by atoms with Crippen LogP contribution < -0.4 is 4.74 Å². The predicted molar refractivity (Wildman–Crippen MR) is 61.9 cm³/mol. The molecule has 0 fully saturated rings. The highest BCUT2D eigenvalue weighted by atomic mass is 19.1. The van der Waals surface area contributed by atoms with Crippen LogP contribution in [0.15, 0.2) is 42.5 Å². The Morgan fingerprint density at radius 3 is 2.33 bits per heavy atom. The van der Waals surface area contributed by atoms with Crippen LogP contribution in [0.2, 0.25) is 0 Å². The Labute approximate surface area is 103 Å². The summed E-state index contributed by atoms with van der Waals surface area (Å²) in [7, 11) is 0. The number of nitrogens with zero attached hydrogens (tertiary/aromatic N) is 1. The Balaban J connectivity index is 2.22. The van der Waals surface area contributed by atoms with Gasteiger partial charge in [0.1, 0.15) is 23.1 Å². The van der Waals surface area contributed by atoms with Crippen molar-refractivity contribution in [3.05, 3.63) is 66.1 Å². The van der Waals surface area contributed by atoms with Gasteiger partial charge in [-0.15, -0.1) is 0 Å². The molecule has 89 valence electrons. The number of nitriles is 1. The van der Waals surface area contributed by atoms with Gasteiger partial charge in [-0.25, -0.2) is 8.78 Å². The van der Waals surface area contributed by atoms with Gasteiger partial charge < -0.3 is 4.74 Å². The van der Waals surface area contributed by atoms with E-state index in [1.165, 1.54) is 42.5 Å². The summed E-state index contributed by atoms with van der Waals surface area (Å²) in [5.41, 5.74) is 0.150. The van der Waals surface area contributed by atoms with Gasteiger partial charge in [0.25, 0.3) is 0 Å².